The van der Waals surface area contributed by atoms with Gasteiger partial charge in [0.2, 0.25) is 5.91 Å². The molecule has 0 bridgehead atoms. The SMILES string of the molecule is CCN(O[N+](=O)[O-])C(C)=O. The molecule has 0 saturated heterocycles. The van der Waals surface area contributed by atoms with Gasteiger partial charge in [0.1, 0.15) is 0 Å². The Labute approximate surface area is 57.4 Å². The summed E-state index contributed by atoms with van der Waals surface area (Å²) in [4.78, 5) is 23.9. The number of hydrogen-bond donors (Lipinski definition) is 0. The average molecular weight is 148 g/mol. The summed E-state index contributed by atoms with van der Waals surface area (Å²) in [5.41, 5.74) is 0. The van der Waals surface area contributed by atoms with Gasteiger partial charge in [-0.25, -0.2) is 0 Å². The van der Waals surface area contributed by atoms with Crippen LogP contribution < -0.4 is 0 Å². The topological polar surface area (TPSA) is 72.7 Å². The van der Waals surface area contributed by atoms with Crippen LogP contribution in [0.3, 0.4) is 0 Å². The van der Waals surface area contributed by atoms with Gasteiger partial charge in [0.15, 0.2) is 0 Å². The van der Waals surface area contributed by atoms with Crippen molar-refractivity contribution >= 4 is 5.91 Å². The van der Waals surface area contributed by atoms with Crippen molar-refractivity contribution < 1.29 is 14.8 Å². The third-order valence-electron chi connectivity index (χ3n) is 0.804. The fraction of sp³-hybridized carbons (Fsp3) is 0.750. The lowest BCUT2D eigenvalue weighted by Crippen LogP contribution is -2.30. The van der Waals surface area contributed by atoms with Gasteiger partial charge >= 0.3 is 5.09 Å². The minimum absolute atomic E-state index is 0.163. The third kappa shape index (κ3) is 2.85. The number of carbonyl (C=O) groups excluding carboxylic acids is 1. The molecule has 1 amide bonds. The highest BCUT2D eigenvalue weighted by Gasteiger charge is 2.09. The van der Waals surface area contributed by atoms with Gasteiger partial charge in [0.05, 0.1) is 0 Å². The van der Waals surface area contributed by atoms with Crippen LogP contribution in [0.25, 0.3) is 0 Å². The Morgan fingerprint density at radius 1 is 1.80 bits per heavy atom. The summed E-state index contributed by atoms with van der Waals surface area (Å²) in [6, 6.07) is 0. The normalized spacial score (nSPS) is 8.60. The zero-order valence-electron chi connectivity index (χ0n) is 5.73. The summed E-state index contributed by atoms with van der Waals surface area (Å²) in [6.07, 6.45) is 0. The first-order chi connectivity index (χ1) is 4.57. The van der Waals surface area contributed by atoms with Crippen LogP contribution in [0.4, 0.5) is 0 Å². The highest BCUT2D eigenvalue weighted by molar-refractivity contribution is 5.71. The maximum absolute atomic E-state index is 10.4. The smallest absolute Gasteiger partial charge is 0.273 e. The lowest BCUT2D eigenvalue weighted by atomic mass is 10.6. The molecule has 0 aliphatic heterocycles. The molecule has 58 valence electrons. The second-order valence-corrected chi connectivity index (χ2v) is 1.52. The summed E-state index contributed by atoms with van der Waals surface area (Å²) in [5.74, 6) is -0.487. The average Bonchev–Trinajstić information content (AvgIpc) is 1.81. The molecular weight excluding hydrogens is 140 g/mol. The number of amides is 1. The van der Waals surface area contributed by atoms with E-state index < -0.39 is 11.0 Å². The van der Waals surface area contributed by atoms with Gasteiger partial charge in [0.25, 0.3) is 0 Å². The monoisotopic (exact) mass is 148 g/mol. The molecule has 0 fully saturated rings. The lowest BCUT2D eigenvalue weighted by Gasteiger charge is -2.12. The summed E-state index contributed by atoms with van der Waals surface area (Å²) in [6.45, 7) is 2.92. The second-order valence-electron chi connectivity index (χ2n) is 1.52. The molecule has 0 saturated carbocycles. The van der Waals surface area contributed by atoms with E-state index in [2.05, 4.69) is 4.94 Å². The molecular formula is C4H8N2O4. The van der Waals surface area contributed by atoms with Crippen LogP contribution in [0.1, 0.15) is 13.8 Å². The van der Waals surface area contributed by atoms with Crippen LogP contribution in [0, 0.1) is 10.1 Å². The van der Waals surface area contributed by atoms with Gasteiger partial charge in [-0.1, -0.05) is 0 Å². The van der Waals surface area contributed by atoms with E-state index in [0.717, 1.165) is 0 Å². The van der Waals surface area contributed by atoms with E-state index in [9.17, 15) is 14.9 Å². The van der Waals surface area contributed by atoms with E-state index in [4.69, 9.17) is 0 Å². The predicted octanol–water partition coefficient (Wildman–Crippen LogP) is -0.0219. The van der Waals surface area contributed by atoms with E-state index in [0.29, 0.717) is 5.06 Å². The second kappa shape index (κ2) is 3.65. The van der Waals surface area contributed by atoms with Gasteiger partial charge in [0, 0.05) is 13.5 Å². The largest absolute Gasteiger partial charge is 0.317 e. The van der Waals surface area contributed by atoms with Crippen molar-refractivity contribution in [2.45, 2.75) is 13.8 Å². The summed E-state index contributed by atoms with van der Waals surface area (Å²) in [7, 11) is 0. The third-order valence-corrected chi connectivity index (χ3v) is 0.804. The highest BCUT2D eigenvalue weighted by atomic mass is 17.0. The van der Waals surface area contributed by atoms with Gasteiger partial charge < -0.3 is 0 Å². The summed E-state index contributed by atoms with van der Waals surface area (Å²) >= 11 is 0. The highest BCUT2D eigenvalue weighted by Crippen LogP contribution is 1.89. The zero-order valence-corrected chi connectivity index (χ0v) is 5.73. The molecule has 0 atom stereocenters. The lowest BCUT2D eigenvalue weighted by molar-refractivity contribution is -0.803. The van der Waals surface area contributed by atoms with E-state index in [1.165, 1.54) is 6.92 Å². The fourth-order valence-corrected chi connectivity index (χ4v) is 0.418. The Morgan fingerprint density at radius 3 is 2.40 bits per heavy atom. The predicted molar refractivity (Wildman–Crippen MR) is 31.1 cm³/mol. The van der Waals surface area contributed by atoms with E-state index in [1.54, 1.807) is 6.92 Å². The van der Waals surface area contributed by atoms with Crippen molar-refractivity contribution in [1.29, 1.82) is 0 Å². The van der Waals surface area contributed by atoms with Gasteiger partial charge in [-0.05, 0) is 6.92 Å². The molecule has 0 spiro atoms. The Hall–Kier alpha value is -1.33. The molecule has 10 heavy (non-hydrogen) atoms. The molecule has 0 unspecified atom stereocenters. The van der Waals surface area contributed by atoms with E-state index >= 15 is 0 Å². The molecule has 6 heteroatoms. The number of carbonyl (C=O) groups is 1. The first-order valence-electron chi connectivity index (χ1n) is 2.68. The summed E-state index contributed by atoms with van der Waals surface area (Å²) < 4.78 is 0. The van der Waals surface area contributed by atoms with E-state index in [-0.39, 0.29) is 6.54 Å². The maximum Gasteiger partial charge on any atom is 0.317 e. The number of hydrogen-bond acceptors (Lipinski definition) is 4. The number of hydroxylamine groups is 2. The molecule has 0 aromatic rings. The summed E-state index contributed by atoms with van der Waals surface area (Å²) in [5, 5.41) is 9.29. The van der Waals surface area contributed by atoms with Gasteiger partial charge in [-0.2, -0.15) is 10.0 Å². The number of nitrogens with zero attached hydrogens (tertiary/aromatic N) is 2. The Bertz CT molecular complexity index is 146. The van der Waals surface area contributed by atoms with Crippen molar-refractivity contribution in [3.63, 3.8) is 0 Å². The molecule has 0 heterocycles. The van der Waals surface area contributed by atoms with Gasteiger partial charge in [-0.3, -0.25) is 4.79 Å². The van der Waals surface area contributed by atoms with E-state index in [1.807, 2.05) is 0 Å². The van der Waals surface area contributed by atoms with Crippen molar-refractivity contribution in [1.82, 2.24) is 5.06 Å². The molecule has 6 nitrogen and oxygen atoms in total. The zero-order chi connectivity index (χ0) is 8.15. The first-order valence-corrected chi connectivity index (χ1v) is 2.68. The fourth-order valence-electron chi connectivity index (χ4n) is 0.418. The van der Waals surface area contributed by atoms with Crippen molar-refractivity contribution in [3.05, 3.63) is 10.1 Å². The molecule has 0 N–H and O–H groups in total. The standard InChI is InChI=1S/C4H8N2O4/c1-3-5(4(2)7)10-6(8)9/h3H2,1-2H3. The Kier molecular flexibility index (Phi) is 3.16. The van der Waals surface area contributed by atoms with Crippen LogP contribution in [0.15, 0.2) is 0 Å². The van der Waals surface area contributed by atoms with Crippen LogP contribution >= 0.6 is 0 Å². The molecule has 0 rings (SSSR count). The minimum Gasteiger partial charge on any atom is -0.273 e. The molecule has 0 aromatic carbocycles. The molecule has 0 radical (unpaired) electrons. The van der Waals surface area contributed by atoms with Crippen LogP contribution in [0.2, 0.25) is 0 Å². The number of rotatable bonds is 3. The maximum atomic E-state index is 10.4. The van der Waals surface area contributed by atoms with Crippen molar-refractivity contribution in [2.24, 2.45) is 0 Å². The van der Waals surface area contributed by atoms with Crippen LogP contribution in [-0.4, -0.2) is 22.6 Å². The molecule has 0 aromatic heterocycles. The van der Waals surface area contributed by atoms with Crippen molar-refractivity contribution in [2.75, 3.05) is 6.54 Å². The van der Waals surface area contributed by atoms with Gasteiger partial charge in [-0.15, -0.1) is 10.1 Å². The first kappa shape index (κ1) is 8.67. The quantitative estimate of drug-likeness (QED) is 0.416. The minimum atomic E-state index is -1.02. The Morgan fingerprint density at radius 2 is 2.30 bits per heavy atom. The van der Waals surface area contributed by atoms with Crippen molar-refractivity contribution in [3.8, 4) is 0 Å². The molecule has 0 aliphatic rings. The Balaban J connectivity index is 3.83. The van der Waals surface area contributed by atoms with Crippen LogP contribution in [0.5, 0.6) is 0 Å². The van der Waals surface area contributed by atoms with Crippen LogP contribution in [-0.2, 0) is 9.73 Å². The molecule has 0 aliphatic carbocycles.